The molecule has 146 valence electrons. The Balaban J connectivity index is 0.000000409. The number of aromatic amines is 1. The summed E-state index contributed by atoms with van der Waals surface area (Å²) in [5, 5.41) is 30.1. The third kappa shape index (κ3) is 5.92. The second-order valence-electron chi connectivity index (χ2n) is 5.82. The number of nitrogens with zero attached hydrogens (tertiary/aromatic N) is 1. The smallest absolute Gasteiger partial charge is 0.414 e. The number of aliphatic carboxylic acids is 2. The van der Waals surface area contributed by atoms with Gasteiger partial charge in [0.05, 0.1) is 4.92 Å². The van der Waals surface area contributed by atoms with E-state index in [-0.39, 0.29) is 10.6 Å². The molecule has 0 unspecified atom stereocenters. The van der Waals surface area contributed by atoms with Crippen LogP contribution in [-0.4, -0.2) is 38.6 Å². The van der Waals surface area contributed by atoms with Gasteiger partial charge in [-0.05, 0) is 30.2 Å². The monoisotopic (exact) mass is 385 g/mol. The average Bonchev–Trinajstić information content (AvgIpc) is 3.09. The summed E-state index contributed by atoms with van der Waals surface area (Å²) in [6.45, 7) is 1.45. The minimum Gasteiger partial charge on any atom is -0.473 e. The number of carboxylic acids is 2. The predicted octanol–water partition coefficient (Wildman–Crippen LogP) is 2.56. The molecule has 3 aromatic rings. The van der Waals surface area contributed by atoms with Crippen molar-refractivity contribution in [2.45, 2.75) is 13.0 Å². The molecule has 0 spiro atoms. The Labute approximate surface area is 159 Å². The van der Waals surface area contributed by atoms with Gasteiger partial charge in [0.1, 0.15) is 0 Å². The zero-order valence-corrected chi connectivity index (χ0v) is 14.8. The number of benzene rings is 2. The fourth-order valence-electron chi connectivity index (χ4n) is 2.57. The molecule has 2 aromatic carbocycles. The van der Waals surface area contributed by atoms with Gasteiger partial charge in [-0.25, -0.2) is 9.59 Å². The van der Waals surface area contributed by atoms with Gasteiger partial charge < -0.3 is 20.5 Å². The van der Waals surface area contributed by atoms with Crippen molar-refractivity contribution in [3.63, 3.8) is 0 Å². The van der Waals surface area contributed by atoms with Crippen LogP contribution in [0.2, 0.25) is 0 Å². The molecule has 0 saturated heterocycles. The molecule has 4 N–H and O–H groups in total. The van der Waals surface area contributed by atoms with Crippen LogP contribution < -0.4 is 5.32 Å². The van der Waals surface area contributed by atoms with Crippen molar-refractivity contribution in [3.8, 4) is 0 Å². The number of H-pyrrole nitrogens is 1. The molecule has 0 fully saturated rings. The second kappa shape index (κ2) is 9.83. The first-order valence-electron chi connectivity index (χ1n) is 8.33. The molecule has 28 heavy (non-hydrogen) atoms. The Morgan fingerprint density at radius 2 is 1.79 bits per heavy atom. The number of fused-ring (bicyclic) bond motifs is 1. The largest absolute Gasteiger partial charge is 0.473 e. The van der Waals surface area contributed by atoms with Crippen LogP contribution in [0.25, 0.3) is 10.9 Å². The van der Waals surface area contributed by atoms with Gasteiger partial charge in [-0.1, -0.05) is 30.3 Å². The highest BCUT2D eigenvalue weighted by Gasteiger charge is 2.06. The maximum absolute atomic E-state index is 10.7. The van der Waals surface area contributed by atoms with Crippen LogP contribution in [0.5, 0.6) is 0 Å². The molecule has 0 atom stereocenters. The van der Waals surface area contributed by atoms with Crippen molar-refractivity contribution in [1.29, 1.82) is 0 Å². The fourth-order valence-corrected chi connectivity index (χ4v) is 2.57. The first kappa shape index (κ1) is 20.6. The van der Waals surface area contributed by atoms with E-state index in [0.29, 0.717) is 6.54 Å². The lowest BCUT2D eigenvalue weighted by atomic mass is 10.1. The maximum atomic E-state index is 10.7. The van der Waals surface area contributed by atoms with Crippen LogP contribution in [0.3, 0.4) is 0 Å². The predicted molar refractivity (Wildman–Crippen MR) is 102 cm³/mol. The van der Waals surface area contributed by atoms with Crippen molar-refractivity contribution >= 4 is 28.5 Å². The number of nitro groups is 1. The van der Waals surface area contributed by atoms with E-state index in [1.807, 2.05) is 24.4 Å². The number of nitro benzene ring substituents is 1. The summed E-state index contributed by atoms with van der Waals surface area (Å²) in [6, 6.07) is 15.0. The van der Waals surface area contributed by atoms with Crippen LogP contribution >= 0.6 is 0 Å². The summed E-state index contributed by atoms with van der Waals surface area (Å²) in [6.07, 6.45) is 2.96. The summed E-state index contributed by atoms with van der Waals surface area (Å²) >= 11 is 0. The Bertz CT molecular complexity index is 970. The Kier molecular flexibility index (Phi) is 7.23. The highest BCUT2D eigenvalue weighted by molar-refractivity contribution is 6.27. The molecule has 0 aliphatic heterocycles. The summed E-state index contributed by atoms with van der Waals surface area (Å²) in [5.41, 5.74) is 3.49. The zero-order valence-electron chi connectivity index (χ0n) is 14.8. The average molecular weight is 385 g/mol. The molecule has 1 heterocycles. The third-order valence-corrected chi connectivity index (χ3v) is 3.88. The number of aromatic nitrogens is 1. The van der Waals surface area contributed by atoms with Gasteiger partial charge >= 0.3 is 11.9 Å². The number of hydrogen-bond acceptors (Lipinski definition) is 5. The first-order valence-corrected chi connectivity index (χ1v) is 8.33. The number of non-ortho nitro benzene ring substituents is 1. The third-order valence-electron chi connectivity index (χ3n) is 3.88. The second-order valence-corrected chi connectivity index (χ2v) is 5.82. The summed E-state index contributed by atoms with van der Waals surface area (Å²) < 4.78 is 0. The highest BCUT2D eigenvalue weighted by Crippen LogP contribution is 2.18. The van der Waals surface area contributed by atoms with E-state index in [0.717, 1.165) is 24.0 Å². The van der Waals surface area contributed by atoms with E-state index in [4.69, 9.17) is 19.8 Å². The topological polar surface area (TPSA) is 146 Å². The molecule has 0 radical (unpaired) electrons. The molecule has 0 saturated carbocycles. The molecular formula is C19H19N3O6. The number of hydrogen-bond donors (Lipinski definition) is 4. The molecule has 0 amide bonds. The Hall–Kier alpha value is -3.72. The van der Waals surface area contributed by atoms with E-state index in [1.54, 1.807) is 12.1 Å². The SMILES string of the molecule is O=C(O)C(=O)O.O=[N+]([O-])c1cccc(CNCCc2c[nH]c3ccccc23)c1. The standard InChI is InChI=1S/C17H17N3O2.C2H2O4/c21-20(22)15-5-3-4-13(10-15)11-18-9-8-14-12-19-17-7-2-1-6-16(14)17;3-1(4)2(5)6/h1-7,10,12,18-19H,8-9,11H2;(H,3,4)(H,5,6). The van der Waals surface area contributed by atoms with Gasteiger partial charge in [-0.15, -0.1) is 0 Å². The van der Waals surface area contributed by atoms with Crippen LogP contribution in [-0.2, 0) is 22.6 Å². The van der Waals surface area contributed by atoms with Gasteiger partial charge in [-0.2, -0.15) is 0 Å². The van der Waals surface area contributed by atoms with Crippen LogP contribution in [0.15, 0.2) is 54.7 Å². The number of carboxylic acid groups (broad SMARTS) is 2. The van der Waals surface area contributed by atoms with Crippen LogP contribution in [0.4, 0.5) is 5.69 Å². The quantitative estimate of drug-likeness (QED) is 0.221. The molecule has 0 aliphatic carbocycles. The van der Waals surface area contributed by atoms with E-state index in [9.17, 15) is 10.1 Å². The van der Waals surface area contributed by atoms with Gasteiger partial charge in [0.2, 0.25) is 0 Å². The molecule has 0 bridgehead atoms. The van der Waals surface area contributed by atoms with Crippen molar-refractivity contribution in [3.05, 3.63) is 76.0 Å². The number of rotatable bonds is 6. The molecule has 0 aliphatic rings. The Morgan fingerprint density at radius 1 is 1.07 bits per heavy atom. The summed E-state index contributed by atoms with van der Waals surface area (Å²) in [5.74, 6) is -3.65. The lowest BCUT2D eigenvalue weighted by molar-refractivity contribution is -0.384. The van der Waals surface area contributed by atoms with Crippen molar-refractivity contribution in [2.24, 2.45) is 0 Å². The maximum Gasteiger partial charge on any atom is 0.414 e. The lowest BCUT2D eigenvalue weighted by Crippen LogP contribution is -2.16. The van der Waals surface area contributed by atoms with Crippen molar-refractivity contribution in [1.82, 2.24) is 10.3 Å². The summed E-state index contributed by atoms with van der Waals surface area (Å²) in [4.78, 5) is 31.8. The van der Waals surface area contributed by atoms with Gasteiger partial charge in [-0.3, -0.25) is 10.1 Å². The zero-order chi connectivity index (χ0) is 20.5. The van der Waals surface area contributed by atoms with Gasteiger partial charge in [0.25, 0.3) is 5.69 Å². The minimum atomic E-state index is -1.82. The first-order chi connectivity index (χ1) is 13.4. The molecule has 1 aromatic heterocycles. The highest BCUT2D eigenvalue weighted by atomic mass is 16.6. The van der Waals surface area contributed by atoms with Gasteiger partial charge in [0.15, 0.2) is 0 Å². The molecular weight excluding hydrogens is 366 g/mol. The van der Waals surface area contributed by atoms with Gasteiger partial charge in [0, 0.05) is 35.8 Å². The van der Waals surface area contributed by atoms with E-state index >= 15 is 0 Å². The number of carbonyl (C=O) groups is 2. The molecule has 9 heteroatoms. The molecule has 3 rings (SSSR count). The van der Waals surface area contributed by atoms with Crippen LogP contribution in [0.1, 0.15) is 11.1 Å². The summed E-state index contributed by atoms with van der Waals surface area (Å²) in [7, 11) is 0. The fraction of sp³-hybridized carbons (Fsp3) is 0.158. The molecule has 9 nitrogen and oxygen atoms in total. The van der Waals surface area contributed by atoms with E-state index in [1.165, 1.54) is 17.0 Å². The normalized spacial score (nSPS) is 10.1. The number of nitrogens with one attached hydrogen (secondary N) is 2. The Morgan fingerprint density at radius 3 is 2.46 bits per heavy atom. The van der Waals surface area contributed by atoms with Crippen molar-refractivity contribution < 1.29 is 24.7 Å². The van der Waals surface area contributed by atoms with Crippen molar-refractivity contribution in [2.75, 3.05) is 6.54 Å². The lowest BCUT2D eigenvalue weighted by Gasteiger charge is -2.04. The van der Waals surface area contributed by atoms with E-state index < -0.39 is 11.9 Å². The van der Waals surface area contributed by atoms with E-state index in [2.05, 4.69) is 22.4 Å². The minimum absolute atomic E-state index is 0.135. The number of para-hydroxylation sites is 1. The van der Waals surface area contributed by atoms with Crippen LogP contribution in [0, 0.1) is 10.1 Å².